The van der Waals surface area contributed by atoms with E-state index in [2.05, 4.69) is 33.4 Å². The van der Waals surface area contributed by atoms with Gasteiger partial charge in [-0.1, -0.05) is 30.3 Å². The quantitative estimate of drug-likeness (QED) is 0.608. The van der Waals surface area contributed by atoms with Gasteiger partial charge in [-0.05, 0) is 39.7 Å². The van der Waals surface area contributed by atoms with Crippen molar-refractivity contribution in [2.24, 2.45) is 0 Å². The molecule has 0 aliphatic carbocycles. The standard InChI is InChI=1S/C15H17BrN2OS/c1-18(2)20-19-13-8-9-15(14(16)10-13)17-11-12-6-4-3-5-7-12/h3-10,17H,11H2,1-2H3. The molecule has 2 rings (SSSR count). The van der Waals surface area contributed by atoms with Crippen LogP contribution in [0.4, 0.5) is 5.69 Å². The molecule has 0 radical (unpaired) electrons. The lowest BCUT2D eigenvalue weighted by molar-refractivity contribution is 0.575. The third kappa shape index (κ3) is 4.74. The fraction of sp³-hybridized carbons (Fsp3) is 0.200. The fourth-order valence-electron chi connectivity index (χ4n) is 1.60. The molecule has 2 aromatic carbocycles. The molecule has 0 saturated carbocycles. The van der Waals surface area contributed by atoms with Gasteiger partial charge in [0.2, 0.25) is 0 Å². The second-order valence-corrected chi connectivity index (χ2v) is 6.35. The van der Waals surface area contributed by atoms with E-state index in [1.54, 1.807) is 0 Å². The first-order valence-corrected chi connectivity index (χ1v) is 7.73. The van der Waals surface area contributed by atoms with Gasteiger partial charge < -0.3 is 9.50 Å². The molecule has 5 heteroatoms. The molecule has 2 aromatic rings. The summed E-state index contributed by atoms with van der Waals surface area (Å²) in [6, 6.07) is 16.2. The van der Waals surface area contributed by atoms with Crippen LogP contribution in [0.25, 0.3) is 0 Å². The number of nitrogens with zero attached hydrogens (tertiary/aromatic N) is 1. The van der Waals surface area contributed by atoms with Crippen LogP contribution in [0.1, 0.15) is 5.56 Å². The molecule has 0 aliphatic rings. The van der Waals surface area contributed by atoms with Crippen molar-refractivity contribution in [2.45, 2.75) is 6.54 Å². The van der Waals surface area contributed by atoms with Gasteiger partial charge in [0.15, 0.2) is 0 Å². The molecule has 0 heterocycles. The molecule has 0 fully saturated rings. The minimum atomic E-state index is 0.798. The maximum atomic E-state index is 5.55. The van der Waals surface area contributed by atoms with Crippen molar-refractivity contribution >= 4 is 33.8 Å². The summed E-state index contributed by atoms with van der Waals surface area (Å²) in [6.07, 6.45) is 0. The van der Waals surface area contributed by atoms with E-state index in [1.807, 2.05) is 54.8 Å². The molecule has 1 N–H and O–H groups in total. The monoisotopic (exact) mass is 352 g/mol. The maximum absolute atomic E-state index is 5.55. The number of halogens is 1. The van der Waals surface area contributed by atoms with Gasteiger partial charge in [-0.15, -0.1) is 0 Å². The average molecular weight is 353 g/mol. The zero-order chi connectivity index (χ0) is 14.4. The van der Waals surface area contributed by atoms with Crippen molar-refractivity contribution in [1.29, 1.82) is 0 Å². The Labute approximate surface area is 132 Å². The molecule has 0 atom stereocenters. The van der Waals surface area contributed by atoms with Crippen LogP contribution in [0.2, 0.25) is 0 Å². The van der Waals surface area contributed by atoms with E-state index in [1.165, 1.54) is 17.8 Å². The van der Waals surface area contributed by atoms with Crippen LogP contribution < -0.4 is 9.50 Å². The van der Waals surface area contributed by atoms with Crippen molar-refractivity contribution in [1.82, 2.24) is 4.31 Å². The Balaban J connectivity index is 1.95. The van der Waals surface area contributed by atoms with Gasteiger partial charge >= 0.3 is 0 Å². The highest BCUT2D eigenvalue weighted by atomic mass is 79.9. The third-order valence-electron chi connectivity index (χ3n) is 2.55. The molecule has 0 aliphatic heterocycles. The molecular formula is C15H17BrN2OS. The molecule has 0 unspecified atom stereocenters. The van der Waals surface area contributed by atoms with E-state index in [0.29, 0.717) is 0 Å². The van der Waals surface area contributed by atoms with E-state index in [9.17, 15) is 0 Å². The molecule has 0 amide bonds. The molecule has 0 aromatic heterocycles. The molecule has 0 bridgehead atoms. The van der Waals surface area contributed by atoms with E-state index < -0.39 is 0 Å². The lowest BCUT2D eigenvalue weighted by Crippen LogP contribution is -2.02. The van der Waals surface area contributed by atoms with E-state index in [4.69, 9.17) is 4.18 Å². The van der Waals surface area contributed by atoms with E-state index >= 15 is 0 Å². The predicted octanol–water partition coefficient (Wildman–Crippen LogP) is 4.56. The van der Waals surface area contributed by atoms with Crippen LogP contribution in [0, 0.1) is 0 Å². The highest BCUT2D eigenvalue weighted by Gasteiger charge is 2.03. The first-order valence-electron chi connectivity index (χ1n) is 6.24. The summed E-state index contributed by atoms with van der Waals surface area (Å²) in [5.41, 5.74) is 2.30. The van der Waals surface area contributed by atoms with Crippen LogP contribution >= 0.6 is 28.2 Å². The second-order valence-electron chi connectivity index (χ2n) is 4.45. The van der Waals surface area contributed by atoms with Gasteiger partial charge in [-0.25, -0.2) is 4.31 Å². The fourth-order valence-corrected chi connectivity index (χ4v) is 2.44. The predicted molar refractivity (Wildman–Crippen MR) is 89.8 cm³/mol. The van der Waals surface area contributed by atoms with Crippen molar-refractivity contribution in [2.75, 3.05) is 19.4 Å². The number of hydrogen-bond donors (Lipinski definition) is 1. The summed E-state index contributed by atoms with van der Waals surface area (Å²) in [6.45, 7) is 0.798. The molecular weight excluding hydrogens is 336 g/mol. The molecule has 106 valence electrons. The van der Waals surface area contributed by atoms with Gasteiger partial charge in [0.05, 0.1) is 0 Å². The van der Waals surface area contributed by atoms with Crippen LogP contribution in [0.5, 0.6) is 5.75 Å². The number of benzene rings is 2. The van der Waals surface area contributed by atoms with Crippen LogP contribution in [-0.2, 0) is 6.54 Å². The number of anilines is 1. The number of hydrogen-bond acceptors (Lipinski definition) is 4. The SMILES string of the molecule is CN(C)SOc1ccc(NCc2ccccc2)c(Br)c1. The van der Waals surface area contributed by atoms with Crippen molar-refractivity contribution in [3.8, 4) is 5.75 Å². The van der Waals surface area contributed by atoms with Gasteiger partial charge in [0.25, 0.3) is 0 Å². The summed E-state index contributed by atoms with van der Waals surface area (Å²) in [4.78, 5) is 0. The largest absolute Gasteiger partial charge is 0.409 e. The summed E-state index contributed by atoms with van der Waals surface area (Å²) >= 11 is 4.86. The molecule has 20 heavy (non-hydrogen) atoms. The van der Waals surface area contributed by atoms with Crippen molar-refractivity contribution < 1.29 is 4.18 Å². The Bertz CT molecular complexity index is 549. The van der Waals surface area contributed by atoms with Gasteiger partial charge in [0, 0.05) is 30.8 Å². The van der Waals surface area contributed by atoms with Crippen molar-refractivity contribution in [3.63, 3.8) is 0 Å². The Morgan fingerprint density at radius 3 is 2.55 bits per heavy atom. The third-order valence-corrected chi connectivity index (χ3v) is 3.77. The summed E-state index contributed by atoms with van der Waals surface area (Å²) in [7, 11) is 3.88. The molecule has 0 saturated heterocycles. The Hall–Kier alpha value is -1.17. The second kappa shape index (κ2) is 7.57. The van der Waals surface area contributed by atoms with Crippen LogP contribution in [0.3, 0.4) is 0 Å². The minimum Gasteiger partial charge on any atom is -0.409 e. The zero-order valence-electron chi connectivity index (χ0n) is 11.5. The smallest absolute Gasteiger partial charge is 0.146 e. The zero-order valence-corrected chi connectivity index (χ0v) is 13.9. The molecule has 0 spiro atoms. The maximum Gasteiger partial charge on any atom is 0.146 e. The van der Waals surface area contributed by atoms with Crippen LogP contribution in [-0.4, -0.2) is 18.4 Å². The summed E-state index contributed by atoms with van der Waals surface area (Å²) in [5.74, 6) is 0.820. The Kier molecular flexibility index (Phi) is 5.76. The highest BCUT2D eigenvalue weighted by Crippen LogP contribution is 2.29. The lowest BCUT2D eigenvalue weighted by Gasteiger charge is -2.12. The van der Waals surface area contributed by atoms with Crippen molar-refractivity contribution in [3.05, 3.63) is 58.6 Å². The Morgan fingerprint density at radius 1 is 1.15 bits per heavy atom. The Morgan fingerprint density at radius 2 is 1.90 bits per heavy atom. The first-order chi connectivity index (χ1) is 9.65. The normalized spacial score (nSPS) is 10.6. The minimum absolute atomic E-state index is 0.798. The first kappa shape index (κ1) is 15.2. The summed E-state index contributed by atoms with van der Waals surface area (Å²) < 4.78 is 8.44. The summed E-state index contributed by atoms with van der Waals surface area (Å²) in [5, 5.41) is 3.40. The van der Waals surface area contributed by atoms with Gasteiger partial charge in [0.1, 0.15) is 18.0 Å². The number of nitrogens with one attached hydrogen (secondary N) is 1. The average Bonchev–Trinajstić information content (AvgIpc) is 2.45. The van der Waals surface area contributed by atoms with Crippen LogP contribution in [0.15, 0.2) is 53.0 Å². The topological polar surface area (TPSA) is 24.5 Å². The van der Waals surface area contributed by atoms with E-state index in [-0.39, 0.29) is 0 Å². The highest BCUT2D eigenvalue weighted by molar-refractivity contribution is 9.10. The lowest BCUT2D eigenvalue weighted by atomic mass is 10.2. The molecule has 3 nitrogen and oxygen atoms in total. The van der Waals surface area contributed by atoms with Gasteiger partial charge in [-0.2, -0.15) is 0 Å². The van der Waals surface area contributed by atoms with E-state index in [0.717, 1.165) is 22.5 Å². The number of rotatable bonds is 6. The van der Waals surface area contributed by atoms with Gasteiger partial charge in [-0.3, -0.25) is 0 Å².